The fourth-order valence-electron chi connectivity index (χ4n) is 5.27. The molecule has 1 aliphatic heterocycles. The van der Waals surface area contributed by atoms with Gasteiger partial charge >= 0.3 is 0 Å². The smallest absolute Gasteiger partial charge is 0.0401 e. The fraction of sp³-hybridized carbons (Fsp3) is 0.613. The van der Waals surface area contributed by atoms with Crippen LogP contribution in [0.5, 0.6) is 0 Å². The van der Waals surface area contributed by atoms with Crippen molar-refractivity contribution in [2.45, 2.75) is 105 Å². The van der Waals surface area contributed by atoms with Gasteiger partial charge in [0.15, 0.2) is 0 Å². The molecule has 32 heavy (non-hydrogen) atoms. The lowest BCUT2D eigenvalue weighted by Crippen LogP contribution is -2.35. The molecule has 0 radical (unpaired) electrons. The Kier molecular flexibility index (Phi) is 8.48. The van der Waals surface area contributed by atoms with E-state index >= 15 is 0 Å². The third-order valence-electron chi connectivity index (χ3n) is 7.65. The summed E-state index contributed by atoms with van der Waals surface area (Å²) >= 11 is 0. The summed E-state index contributed by atoms with van der Waals surface area (Å²) in [5.74, 6) is 3.03. The summed E-state index contributed by atoms with van der Waals surface area (Å²) in [6, 6.07) is 14.8. The Labute approximate surface area is 198 Å². The molecule has 0 aromatic heterocycles. The van der Waals surface area contributed by atoms with Crippen LogP contribution in [0, 0.1) is 11.8 Å². The van der Waals surface area contributed by atoms with Crippen LogP contribution in [0.2, 0.25) is 0 Å². The number of aryl methyl sites for hydroxylation is 2. The second-order valence-electron chi connectivity index (χ2n) is 11.4. The van der Waals surface area contributed by atoms with E-state index in [0.717, 1.165) is 11.8 Å². The minimum absolute atomic E-state index is 0.615. The topological polar surface area (TPSA) is 3.24 Å². The van der Waals surface area contributed by atoms with Gasteiger partial charge in [-0.05, 0) is 104 Å². The molecule has 0 amide bonds. The van der Waals surface area contributed by atoms with Crippen molar-refractivity contribution in [2.75, 3.05) is 11.4 Å². The highest BCUT2D eigenvalue weighted by atomic mass is 15.2. The molecule has 1 heterocycles. The normalized spacial score (nSPS) is 18.0. The first-order chi connectivity index (χ1) is 15.2. The van der Waals surface area contributed by atoms with Gasteiger partial charge in [-0.15, -0.1) is 0 Å². The van der Waals surface area contributed by atoms with Gasteiger partial charge in [0.1, 0.15) is 0 Å². The van der Waals surface area contributed by atoms with Crippen LogP contribution in [0.15, 0.2) is 36.4 Å². The SMILES string of the molecule is CC(C)c1ccc2c(c1)CCC(C(C)C)C2.CC(C)c1ccc2c(c1)CCCN2C(C)C. The van der Waals surface area contributed by atoms with Gasteiger partial charge in [-0.2, -0.15) is 0 Å². The zero-order valence-electron chi connectivity index (χ0n) is 22.0. The Hall–Kier alpha value is -1.76. The number of fused-ring (bicyclic) bond motifs is 2. The van der Waals surface area contributed by atoms with E-state index in [9.17, 15) is 0 Å². The molecule has 1 aliphatic carbocycles. The summed E-state index contributed by atoms with van der Waals surface area (Å²) in [6.07, 6.45) is 6.52. The van der Waals surface area contributed by atoms with Crippen LogP contribution in [0.1, 0.15) is 108 Å². The molecule has 0 bridgehead atoms. The minimum atomic E-state index is 0.615. The van der Waals surface area contributed by atoms with E-state index in [-0.39, 0.29) is 0 Å². The van der Waals surface area contributed by atoms with Crippen molar-refractivity contribution >= 4 is 5.69 Å². The molecule has 1 nitrogen and oxygen atoms in total. The Morgan fingerprint density at radius 3 is 1.94 bits per heavy atom. The lowest BCUT2D eigenvalue weighted by molar-refractivity contribution is 0.343. The average molecular weight is 434 g/mol. The first-order valence-electron chi connectivity index (χ1n) is 13.2. The van der Waals surface area contributed by atoms with Gasteiger partial charge in [-0.25, -0.2) is 0 Å². The Balaban J connectivity index is 0.000000181. The third-order valence-corrected chi connectivity index (χ3v) is 7.65. The van der Waals surface area contributed by atoms with Crippen molar-refractivity contribution in [3.05, 3.63) is 64.2 Å². The largest absolute Gasteiger partial charge is 0.369 e. The van der Waals surface area contributed by atoms with Crippen LogP contribution < -0.4 is 4.90 Å². The van der Waals surface area contributed by atoms with Gasteiger partial charge in [-0.1, -0.05) is 71.9 Å². The summed E-state index contributed by atoms with van der Waals surface area (Å²) < 4.78 is 0. The van der Waals surface area contributed by atoms with E-state index in [2.05, 4.69) is 96.7 Å². The lowest BCUT2D eigenvalue weighted by atomic mass is 9.77. The minimum Gasteiger partial charge on any atom is -0.369 e. The maximum atomic E-state index is 2.53. The number of hydrogen-bond acceptors (Lipinski definition) is 1. The molecule has 0 fully saturated rings. The molecule has 4 rings (SSSR count). The summed E-state index contributed by atoms with van der Waals surface area (Å²) in [5.41, 5.74) is 9.21. The Morgan fingerprint density at radius 2 is 1.34 bits per heavy atom. The molecule has 1 unspecified atom stereocenters. The van der Waals surface area contributed by atoms with Crippen LogP contribution in [-0.4, -0.2) is 12.6 Å². The maximum absolute atomic E-state index is 2.53. The number of anilines is 1. The van der Waals surface area contributed by atoms with Crippen molar-refractivity contribution in [3.8, 4) is 0 Å². The van der Waals surface area contributed by atoms with Gasteiger partial charge in [0.25, 0.3) is 0 Å². The van der Waals surface area contributed by atoms with Gasteiger partial charge in [-0.3, -0.25) is 0 Å². The van der Waals surface area contributed by atoms with E-state index in [0.29, 0.717) is 17.9 Å². The predicted octanol–water partition coefficient (Wildman–Crippen LogP) is 8.54. The average Bonchev–Trinajstić information content (AvgIpc) is 2.77. The number of benzene rings is 2. The summed E-state index contributed by atoms with van der Waals surface area (Å²) in [7, 11) is 0. The maximum Gasteiger partial charge on any atom is 0.0401 e. The van der Waals surface area contributed by atoms with Crippen LogP contribution in [0.3, 0.4) is 0 Å². The molecule has 2 aromatic rings. The van der Waals surface area contributed by atoms with Crippen molar-refractivity contribution < 1.29 is 0 Å². The first kappa shape index (κ1) is 24.9. The Morgan fingerprint density at radius 1 is 0.719 bits per heavy atom. The van der Waals surface area contributed by atoms with Gasteiger partial charge in [0, 0.05) is 18.3 Å². The fourth-order valence-corrected chi connectivity index (χ4v) is 5.27. The van der Waals surface area contributed by atoms with Crippen LogP contribution in [0.4, 0.5) is 5.69 Å². The molecule has 0 spiro atoms. The second-order valence-corrected chi connectivity index (χ2v) is 11.4. The van der Waals surface area contributed by atoms with Crippen molar-refractivity contribution in [1.82, 2.24) is 0 Å². The second kappa shape index (κ2) is 10.9. The number of rotatable bonds is 4. The zero-order valence-corrected chi connectivity index (χ0v) is 22.0. The summed E-state index contributed by atoms with van der Waals surface area (Å²) in [5, 5.41) is 0. The molecule has 0 saturated heterocycles. The van der Waals surface area contributed by atoms with E-state index in [1.165, 1.54) is 55.5 Å². The first-order valence-corrected chi connectivity index (χ1v) is 13.2. The molecule has 0 N–H and O–H groups in total. The van der Waals surface area contributed by atoms with E-state index < -0.39 is 0 Å². The van der Waals surface area contributed by atoms with Crippen molar-refractivity contribution in [2.24, 2.45) is 11.8 Å². The van der Waals surface area contributed by atoms with Crippen LogP contribution in [0.25, 0.3) is 0 Å². The van der Waals surface area contributed by atoms with Crippen LogP contribution in [-0.2, 0) is 19.3 Å². The molecule has 1 heteroatoms. The van der Waals surface area contributed by atoms with E-state index in [1.807, 2.05) is 0 Å². The quantitative estimate of drug-likeness (QED) is 0.467. The molecule has 176 valence electrons. The van der Waals surface area contributed by atoms with Gasteiger partial charge in [0.2, 0.25) is 0 Å². The van der Waals surface area contributed by atoms with Gasteiger partial charge in [0.05, 0.1) is 0 Å². The number of nitrogens with zero attached hydrogens (tertiary/aromatic N) is 1. The molecule has 0 saturated carbocycles. The van der Waals surface area contributed by atoms with Crippen molar-refractivity contribution in [3.63, 3.8) is 0 Å². The van der Waals surface area contributed by atoms with E-state index in [1.54, 1.807) is 16.7 Å². The summed E-state index contributed by atoms with van der Waals surface area (Å²) in [4.78, 5) is 2.53. The molecule has 1 atom stereocenters. The standard InChI is InChI=1S/C16H24.C15H23N/c1-11(2)13-5-7-16-10-14(12(3)4)6-8-15(16)9-13;1-11(2)13-7-8-15-14(10-13)6-5-9-16(15)12(3)4/h5,7,9,11-12,14H,6,8,10H2,1-4H3;7-8,10-12H,5-6,9H2,1-4H3. The van der Waals surface area contributed by atoms with Crippen molar-refractivity contribution in [1.29, 1.82) is 0 Å². The molecular formula is C31H47N. The van der Waals surface area contributed by atoms with Gasteiger partial charge < -0.3 is 4.90 Å². The molecular weight excluding hydrogens is 386 g/mol. The third kappa shape index (κ3) is 5.97. The Bertz CT molecular complexity index is 874. The lowest BCUT2D eigenvalue weighted by Gasteiger charge is -2.35. The molecule has 2 aromatic carbocycles. The highest BCUT2D eigenvalue weighted by molar-refractivity contribution is 5.57. The predicted molar refractivity (Wildman–Crippen MR) is 142 cm³/mol. The van der Waals surface area contributed by atoms with Crippen LogP contribution >= 0.6 is 0 Å². The zero-order chi connectivity index (χ0) is 23.4. The summed E-state index contributed by atoms with van der Waals surface area (Å²) in [6.45, 7) is 19.6. The molecule has 2 aliphatic rings. The monoisotopic (exact) mass is 433 g/mol. The number of hydrogen-bond donors (Lipinski definition) is 0. The highest BCUT2D eigenvalue weighted by Gasteiger charge is 2.21. The highest BCUT2D eigenvalue weighted by Crippen LogP contribution is 2.32. The van der Waals surface area contributed by atoms with E-state index in [4.69, 9.17) is 0 Å².